The molecular weight excluding hydrogens is 548 g/mol. The van der Waals surface area contributed by atoms with Crippen molar-refractivity contribution in [2.45, 2.75) is 57.8 Å². The van der Waals surface area contributed by atoms with Crippen LogP contribution in [0.1, 0.15) is 56.3 Å². The number of anilines is 1. The van der Waals surface area contributed by atoms with Crippen LogP contribution in [0.15, 0.2) is 54.7 Å². The molecule has 44 heavy (non-hydrogen) atoms. The van der Waals surface area contributed by atoms with Crippen LogP contribution in [0, 0.1) is 29.1 Å². The van der Waals surface area contributed by atoms with Gasteiger partial charge in [-0.3, -0.25) is 9.59 Å². The third kappa shape index (κ3) is 5.66. The molecule has 0 saturated heterocycles. The monoisotopic (exact) mass is 592 g/mol. The molecule has 3 saturated carbocycles. The molecule has 4 aromatic rings. The minimum atomic E-state index is 0.0156. The Labute approximate surface area is 259 Å². The van der Waals surface area contributed by atoms with E-state index in [-0.39, 0.29) is 11.8 Å². The van der Waals surface area contributed by atoms with Crippen molar-refractivity contribution in [2.75, 3.05) is 32.1 Å². The maximum absolute atomic E-state index is 12.4. The van der Waals surface area contributed by atoms with Crippen LogP contribution < -0.4 is 15.5 Å². The molecule has 2 aromatic carbocycles. The van der Waals surface area contributed by atoms with Crippen molar-refractivity contribution in [1.29, 1.82) is 0 Å². The van der Waals surface area contributed by atoms with E-state index < -0.39 is 0 Å². The molecule has 0 radical (unpaired) electrons. The van der Waals surface area contributed by atoms with Gasteiger partial charge in [0.2, 0.25) is 11.8 Å². The number of carbonyl (C=O) groups excluding carboxylic acids is 2. The average molecular weight is 593 g/mol. The number of amides is 2. The van der Waals surface area contributed by atoms with Crippen molar-refractivity contribution in [1.82, 2.24) is 25.6 Å². The van der Waals surface area contributed by atoms with Gasteiger partial charge in [0, 0.05) is 68.9 Å². The van der Waals surface area contributed by atoms with Crippen LogP contribution in [0.4, 0.5) is 5.82 Å². The van der Waals surface area contributed by atoms with Crippen LogP contribution in [0.3, 0.4) is 0 Å². The Morgan fingerprint density at radius 1 is 0.932 bits per heavy atom. The van der Waals surface area contributed by atoms with E-state index in [0.717, 1.165) is 71.6 Å². The number of aromatic amines is 1. The lowest BCUT2D eigenvalue weighted by Gasteiger charge is -2.35. The number of fused-ring (bicyclic) bond motifs is 5. The smallest absolute Gasteiger partial charge is 0.221 e. The molecule has 3 aliphatic rings. The lowest BCUT2D eigenvalue weighted by atomic mass is 9.71. The van der Waals surface area contributed by atoms with Crippen molar-refractivity contribution in [3.05, 3.63) is 66.1 Å². The van der Waals surface area contributed by atoms with Gasteiger partial charge in [-0.05, 0) is 91.4 Å². The molecule has 2 aromatic heterocycles. The molecule has 2 amide bonds. The zero-order chi connectivity index (χ0) is 30.3. The number of H-pyrrole nitrogens is 1. The lowest BCUT2D eigenvalue weighted by Crippen LogP contribution is -2.35. The van der Waals surface area contributed by atoms with E-state index in [1.54, 1.807) is 0 Å². The Kier molecular flexibility index (Phi) is 7.77. The molecule has 3 fully saturated rings. The van der Waals surface area contributed by atoms with E-state index in [0.29, 0.717) is 30.7 Å². The summed E-state index contributed by atoms with van der Waals surface area (Å²) in [5.74, 6) is 5.05. The van der Waals surface area contributed by atoms with Crippen LogP contribution in [-0.4, -0.2) is 54.0 Å². The topological polar surface area (TPSA) is 103 Å². The summed E-state index contributed by atoms with van der Waals surface area (Å²) in [5.41, 5.74) is 3.97. The van der Waals surface area contributed by atoms with Crippen molar-refractivity contribution in [2.24, 2.45) is 29.1 Å². The molecule has 1 spiro atoms. The number of aryl methyl sites for hydroxylation is 1. The van der Waals surface area contributed by atoms with E-state index in [4.69, 9.17) is 9.97 Å². The second kappa shape index (κ2) is 11.9. The number of benzene rings is 2. The largest absolute Gasteiger partial charge is 0.362 e. The lowest BCUT2D eigenvalue weighted by molar-refractivity contribution is -0.122. The number of aromatic nitrogens is 3. The van der Waals surface area contributed by atoms with Gasteiger partial charge >= 0.3 is 0 Å². The van der Waals surface area contributed by atoms with Crippen molar-refractivity contribution in [3.8, 4) is 0 Å². The molecule has 0 aliphatic heterocycles. The summed E-state index contributed by atoms with van der Waals surface area (Å²) < 4.78 is 0. The zero-order valence-electron chi connectivity index (χ0n) is 25.9. The number of nitrogens with one attached hydrogen (secondary N) is 3. The number of nitrogens with zero attached hydrogens (tertiary/aromatic N) is 3. The highest BCUT2D eigenvalue weighted by Crippen LogP contribution is 2.86. The molecule has 8 heteroatoms. The van der Waals surface area contributed by atoms with Crippen molar-refractivity contribution in [3.63, 3.8) is 0 Å². The normalized spacial score (nSPS) is 25.1. The maximum Gasteiger partial charge on any atom is 0.221 e. The second-order valence-electron chi connectivity index (χ2n) is 13.6. The van der Waals surface area contributed by atoms with Gasteiger partial charge in [0.25, 0.3) is 0 Å². The summed E-state index contributed by atoms with van der Waals surface area (Å²) in [6.07, 6.45) is 10.5. The Morgan fingerprint density at radius 2 is 1.66 bits per heavy atom. The van der Waals surface area contributed by atoms with E-state index in [1.807, 2.05) is 18.3 Å². The number of hydrogen-bond acceptors (Lipinski definition) is 5. The van der Waals surface area contributed by atoms with Crippen molar-refractivity contribution >= 4 is 39.4 Å². The van der Waals surface area contributed by atoms with Crippen LogP contribution >= 0.6 is 0 Å². The van der Waals surface area contributed by atoms with Crippen LogP contribution in [0.5, 0.6) is 0 Å². The first kappa shape index (κ1) is 28.8. The predicted molar refractivity (Wildman–Crippen MR) is 174 cm³/mol. The van der Waals surface area contributed by atoms with E-state index in [9.17, 15) is 9.59 Å². The molecule has 3 atom stereocenters. The molecule has 7 rings (SSSR count). The Morgan fingerprint density at radius 3 is 2.45 bits per heavy atom. The molecule has 8 nitrogen and oxygen atoms in total. The minimum Gasteiger partial charge on any atom is -0.362 e. The first-order valence-electron chi connectivity index (χ1n) is 16.4. The van der Waals surface area contributed by atoms with Gasteiger partial charge < -0.3 is 20.5 Å². The fourth-order valence-electron chi connectivity index (χ4n) is 8.28. The van der Waals surface area contributed by atoms with E-state index in [2.05, 4.69) is 71.0 Å². The highest BCUT2D eigenvalue weighted by atomic mass is 16.2. The highest BCUT2D eigenvalue weighted by molar-refractivity contribution is 5.89. The first-order valence-corrected chi connectivity index (χ1v) is 16.4. The second-order valence-corrected chi connectivity index (χ2v) is 13.6. The van der Waals surface area contributed by atoms with Gasteiger partial charge in [0.05, 0.1) is 5.52 Å². The summed E-state index contributed by atoms with van der Waals surface area (Å²) in [6.45, 7) is 1.15. The molecule has 3 N–H and O–H groups in total. The van der Waals surface area contributed by atoms with Gasteiger partial charge in [-0.25, -0.2) is 9.97 Å². The molecule has 2 heterocycles. The fourth-order valence-corrected chi connectivity index (χ4v) is 8.28. The Balaban J connectivity index is 0.775. The summed E-state index contributed by atoms with van der Waals surface area (Å²) in [7, 11) is 4.10. The van der Waals surface area contributed by atoms with Gasteiger partial charge in [0.15, 0.2) is 0 Å². The van der Waals surface area contributed by atoms with Gasteiger partial charge in [0.1, 0.15) is 11.6 Å². The number of rotatable bonds is 12. The van der Waals surface area contributed by atoms with Crippen LogP contribution in [-0.2, 0) is 22.4 Å². The number of para-hydroxylation sites is 2. The standard InChI is InChI=1S/C36H44N6O2/c1-42(2)35-26-10-4-6-12-29(26)40-30(41-35)20-27-33-34(27)36(33)17-14-23(15-18-36)21-39-32(44)16-19-37-31(43)13-7-8-24-22-38-28-11-5-3-9-25(24)28/h3-6,9-12,22-23,27,33-34,38H,7-8,13-21H2,1-2H3,(H,37,43)(H,39,44)/t23?,27?,33-,34?,36?/m0/s1. The van der Waals surface area contributed by atoms with Crippen LogP contribution in [0.25, 0.3) is 21.8 Å². The summed E-state index contributed by atoms with van der Waals surface area (Å²) in [5, 5.41) is 8.39. The average Bonchev–Trinajstić information content (AvgIpc) is 3.87. The van der Waals surface area contributed by atoms with Gasteiger partial charge in [-0.15, -0.1) is 0 Å². The Bertz CT molecular complexity index is 1660. The van der Waals surface area contributed by atoms with Crippen LogP contribution in [0.2, 0.25) is 0 Å². The SMILES string of the molecule is CN(C)c1nc(CC2C3[C@H]2C32CCC(CNC(=O)CCNC(=O)CCCc3c[nH]c4ccccc34)CC2)nc2ccccc12. The van der Waals surface area contributed by atoms with Crippen molar-refractivity contribution < 1.29 is 9.59 Å². The van der Waals surface area contributed by atoms with E-state index >= 15 is 0 Å². The minimum absolute atomic E-state index is 0.0156. The van der Waals surface area contributed by atoms with Gasteiger partial charge in [-0.1, -0.05) is 30.3 Å². The summed E-state index contributed by atoms with van der Waals surface area (Å²) in [6, 6.07) is 16.5. The number of hydrogen-bond donors (Lipinski definition) is 3. The third-order valence-corrected chi connectivity index (χ3v) is 10.7. The van der Waals surface area contributed by atoms with E-state index in [1.165, 1.54) is 36.6 Å². The number of carbonyl (C=O) groups is 2. The zero-order valence-corrected chi connectivity index (χ0v) is 25.9. The Hall–Kier alpha value is -3.94. The molecule has 2 unspecified atom stereocenters. The molecule has 0 bridgehead atoms. The predicted octanol–water partition coefficient (Wildman–Crippen LogP) is 5.42. The van der Waals surface area contributed by atoms with Gasteiger partial charge in [-0.2, -0.15) is 0 Å². The summed E-state index contributed by atoms with van der Waals surface area (Å²) in [4.78, 5) is 39.9. The maximum atomic E-state index is 12.4. The molecule has 230 valence electrons. The highest BCUT2D eigenvalue weighted by Gasteiger charge is 2.81. The summed E-state index contributed by atoms with van der Waals surface area (Å²) >= 11 is 0. The molecule has 3 aliphatic carbocycles. The third-order valence-electron chi connectivity index (χ3n) is 10.7. The fraction of sp³-hybridized carbons (Fsp3) is 0.500. The quantitative estimate of drug-likeness (QED) is 0.204. The molecular formula is C36H44N6O2. The first-order chi connectivity index (χ1) is 21.4.